The molecular weight excluding hydrogens is 603 g/mol. The van der Waals surface area contributed by atoms with Crippen LogP contribution in [0.15, 0.2) is 18.3 Å². The summed E-state index contributed by atoms with van der Waals surface area (Å²) in [5.41, 5.74) is 0.219. The number of hydrogen-bond donors (Lipinski definition) is 1. The summed E-state index contributed by atoms with van der Waals surface area (Å²) in [4.78, 5) is 64.4. The molecule has 2 heterocycles. The van der Waals surface area contributed by atoms with Gasteiger partial charge < -0.3 is 38.5 Å². The van der Waals surface area contributed by atoms with Crippen molar-refractivity contribution in [2.75, 3.05) is 20.3 Å². The molecule has 14 nitrogen and oxygen atoms in total. The molecular formula is C23H27Cl3N2O12. The van der Waals surface area contributed by atoms with Crippen LogP contribution < -0.4 is 5.32 Å². The first-order chi connectivity index (χ1) is 18.7. The van der Waals surface area contributed by atoms with Crippen LogP contribution in [-0.4, -0.2) is 89.7 Å². The highest BCUT2D eigenvalue weighted by Gasteiger charge is 2.52. The predicted molar refractivity (Wildman–Crippen MR) is 135 cm³/mol. The van der Waals surface area contributed by atoms with Crippen molar-refractivity contribution in [1.82, 2.24) is 10.3 Å². The van der Waals surface area contributed by atoms with Gasteiger partial charge >= 0.3 is 30.0 Å². The molecule has 1 fully saturated rings. The van der Waals surface area contributed by atoms with E-state index >= 15 is 0 Å². The SMILES string of the molecule is COC(=O)c1cccnc1CO[C@@H]1O[C@H](COC(C)=O)[C@H](OC(C)=O)[C@H](OC(C)=O)[C@H]1NC(=O)OCC(Cl)(Cl)Cl. The molecule has 0 radical (unpaired) electrons. The zero-order valence-electron chi connectivity index (χ0n) is 21.7. The number of pyridine rings is 1. The van der Waals surface area contributed by atoms with E-state index in [1.54, 1.807) is 0 Å². The van der Waals surface area contributed by atoms with E-state index in [0.29, 0.717) is 0 Å². The monoisotopic (exact) mass is 628 g/mol. The van der Waals surface area contributed by atoms with E-state index in [-0.39, 0.29) is 17.9 Å². The Morgan fingerprint density at radius 2 is 1.65 bits per heavy atom. The number of rotatable bonds is 10. The molecule has 1 aromatic rings. The van der Waals surface area contributed by atoms with Crippen LogP contribution in [0.1, 0.15) is 36.8 Å². The maximum atomic E-state index is 12.6. The predicted octanol–water partition coefficient (Wildman–Crippen LogP) is 2.00. The van der Waals surface area contributed by atoms with Crippen LogP contribution in [0.2, 0.25) is 0 Å². The molecule has 222 valence electrons. The minimum Gasteiger partial charge on any atom is -0.465 e. The zero-order valence-corrected chi connectivity index (χ0v) is 24.0. The molecule has 0 aromatic carbocycles. The van der Waals surface area contributed by atoms with Crippen LogP contribution in [0.5, 0.6) is 0 Å². The lowest BCUT2D eigenvalue weighted by molar-refractivity contribution is -0.280. The van der Waals surface area contributed by atoms with Crippen molar-refractivity contribution < 1.29 is 57.1 Å². The van der Waals surface area contributed by atoms with Crippen molar-refractivity contribution in [3.05, 3.63) is 29.6 Å². The van der Waals surface area contributed by atoms with Crippen LogP contribution in [0, 0.1) is 0 Å². The van der Waals surface area contributed by atoms with Crippen molar-refractivity contribution in [2.24, 2.45) is 0 Å². The van der Waals surface area contributed by atoms with Crippen LogP contribution >= 0.6 is 34.8 Å². The maximum Gasteiger partial charge on any atom is 0.407 e. The molecule has 1 aliphatic heterocycles. The number of alkyl carbamates (subject to hydrolysis) is 1. The molecule has 17 heteroatoms. The molecule has 0 unspecified atom stereocenters. The third-order valence-electron chi connectivity index (χ3n) is 5.03. The van der Waals surface area contributed by atoms with Crippen molar-refractivity contribution in [2.45, 2.75) is 61.8 Å². The zero-order chi connectivity index (χ0) is 30.0. The molecule has 0 bridgehead atoms. The second-order valence-electron chi connectivity index (χ2n) is 8.16. The molecule has 5 atom stereocenters. The summed E-state index contributed by atoms with van der Waals surface area (Å²) in [7, 11) is 1.19. The number of amides is 1. The molecule has 1 N–H and O–H groups in total. The van der Waals surface area contributed by atoms with Gasteiger partial charge in [0.2, 0.25) is 3.79 Å². The largest absolute Gasteiger partial charge is 0.465 e. The van der Waals surface area contributed by atoms with E-state index in [1.807, 2.05) is 0 Å². The highest BCUT2D eigenvalue weighted by molar-refractivity contribution is 6.67. The lowest BCUT2D eigenvalue weighted by Gasteiger charge is -2.44. The second-order valence-corrected chi connectivity index (χ2v) is 10.7. The summed E-state index contributed by atoms with van der Waals surface area (Å²) in [6.07, 6.45) is -5.30. The van der Waals surface area contributed by atoms with Crippen LogP contribution in [0.4, 0.5) is 4.79 Å². The van der Waals surface area contributed by atoms with Gasteiger partial charge in [0.1, 0.15) is 25.4 Å². The standard InChI is InChI=1S/C23H27Cl3N2O12/c1-11(29)35-9-16-18(38-12(2)30)19(39-13(3)31)17(28-22(33)37-10-23(24,25)26)21(40-16)36-8-15-14(20(32)34-4)6-5-7-27-15/h5-7,16-19,21H,8-10H2,1-4H3,(H,28,33)/t16-,17-,18+,19-,21-/m1/s1. The summed E-state index contributed by atoms with van der Waals surface area (Å²) in [6.45, 7) is 1.83. The van der Waals surface area contributed by atoms with Gasteiger partial charge in [-0.1, -0.05) is 34.8 Å². The molecule has 1 amide bonds. The van der Waals surface area contributed by atoms with Crippen LogP contribution in [0.25, 0.3) is 0 Å². The Kier molecular flexibility index (Phi) is 12.6. The van der Waals surface area contributed by atoms with Crippen molar-refractivity contribution in [3.63, 3.8) is 0 Å². The maximum absolute atomic E-state index is 12.6. The Morgan fingerprint density at radius 3 is 2.23 bits per heavy atom. The Bertz CT molecular complexity index is 1080. The number of hydrogen-bond acceptors (Lipinski definition) is 13. The van der Waals surface area contributed by atoms with Gasteiger partial charge in [-0.25, -0.2) is 9.59 Å². The van der Waals surface area contributed by atoms with Gasteiger partial charge in [-0.05, 0) is 12.1 Å². The summed E-state index contributed by atoms with van der Waals surface area (Å²) in [5.74, 6) is -3.00. The minimum atomic E-state index is -1.94. The normalized spacial score (nSPS) is 22.4. The fourth-order valence-electron chi connectivity index (χ4n) is 3.53. The lowest BCUT2D eigenvalue weighted by atomic mass is 9.96. The third-order valence-corrected chi connectivity index (χ3v) is 5.36. The Labute approximate surface area is 243 Å². The van der Waals surface area contributed by atoms with E-state index in [1.165, 1.54) is 25.4 Å². The van der Waals surface area contributed by atoms with Crippen LogP contribution in [0.3, 0.4) is 0 Å². The Morgan fingerprint density at radius 1 is 1.00 bits per heavy atom. The van der Waals surface area contributed by atoms with Gasteiger partial charge in [-0.2, -0.15) is 0 Å². The average Bonchev–Trinajstić information content (AvgIpc) is 2.86. The number of carbonyl (C=O) groups is 5. The number of esters is 4. The van der Waals surface area contributed by atoms with Gasteiger partial charge in [-0.3, -0.25) is 19.4 Å². The molecule has 0 aliphatic carbocycles. The van der Waals surface area contributed by atoms with Crippen molar-refractivity contribution >= 4 is 64.8 Å². The summed E-state index contributed by atoms with van der Waals surface area (Å²) in [6, 6.07) is 1.55. The first kappa shape index (κ1) is 33.3. The smallest absolute Gasteiger partial charge is 0.407 e. The highest BCUT2D eigenvalue weighted by Crippen LogP contribution is 2.29. The Hall–Kier alpha value is -2.91. The first-order valence-electron chi connectivity index (χ1n) is 11.5. The van der Waals surface area contributed by atoms with E-state index in [4.69, 9.17) is 68.0 Å². The molecule has 0 saturated carbocycles. The van der Waals surface area contributed by atoms with Gasteiger partial charge in [0.15, 0.2) is 18.5 Å². The van der Waals surface area contributed by atoms with Gasteiger partial charge in [0.05, 0.1) is 25.0 Å². The summed E-state index contributed by atoms with van der Waals surface area (Å²) >= 11 is 16.9. The minimum absolute atomic E-state index is 0.0817. The molecule has 1 saturated heterocycles. The summed E-state index contributed by atoms with van der Waals surface area (Å²) in [5, 5.41) is 2.40. The van der Waals surface area contributed by atoms with Crippen LogP contribution in [-0.2, 0) is 54.1 Å². The number of nitrogens with one attached hydrogen (secondary N) is 1. The number of carbonyl (C=O) groups excluding carboxylic acids is 5. The fraction of sp³-hybridized carbons (Fsp3) is 0.565. The molecule has 2 rings (SSSR count). The number of aromatic nitrogens is 1. The van der Waals surface area contributed by atoms with E-state index < -0.39 is 77.6 Å². The molecule has 0 spiro atoms. The lowest BCUT2D eigenvalue weighted by Crippen LogP contribution is -2.66. The van der Waals surface area contributed by atoms with E-state index in [0.717, 1.165) is 20.8 Å². The van der Waals surface area contributed by atoms with Gasteiger partial charge in [-0.15, -0.1) is 0 Å². The Balaban J connectivity index is 2.46. The fourth-order valence-corrected chi connectivity index (χ4v) is 3.70. The first-order valence-corrected chi connectivity index (χ1v) is 12.6. The molecule has 1 aliphatic rings. The second kappa shape index (κ2) is 15.2. The number of alkyl halides is 3. The summed E-state index contributed by atoms with van der Waals surface area (Å²) < 4.78 is 35.3. The van der Waals surface area contributed by atoms with Crippen molar-refractivity contribution in [3.8, 4) is 0 Å². The van der Waals surface area contributed by atoms with E-state index in [9.17, 15) is 24.0 Å². The van der Waals surface area contributed by atoms with Crippen molar-refractivity contribution in [1.29, 1.82) is 0 Å². The quantitative estimate of drug-likeness (QED) is 0.226. The number of methoxy groups -OCH3 is 1. The third kappa shape index (κ3) is 10.6. The topological polar surface area (TPSA) is 175 Å². The van der Waals surface area contributed by atoms with Gasteiger partial charge in [0, 0.05) is 27.0 Å². The number of nitrogens with zero attached hydrogens (tertiary/aromatic N) is 1. The highest BCUT2D eigenvalue weighted by atomic mass is 35.6. The average molecular weight is 630 g/mol. The molecule has 1 aromatic heterocycles. The van der Waals surface area contributed by atoms with E-state index in [2.05, 4.69) is 10.3 Å². The number of ether oxygens (including phenoxy) is 7. The van der Waals surface area contributed by atoms with Gasteiger partial charge in [0.25, 0.3) is 0 Å². The molecule has 40 heavy (non-hydrogen) atoms. The number of halogens is 3.